The van der Waals surface area contributed by atoms with Gasteiger partial charge in [-0.2, -0.15) is 0 Å². The summed E-state index contributed by atoms with van der Waals surface area (Å²) in [6.45, 7) is 2.82. The molecule has 0 radical (unpaired) electrons. The van der Waals surface area contributed by atoms with Crippen molar-refractivity contribution in [3.05, 3.63) is 47.0 Å². The van der Waals surface area contributed by atoms with Gasteiger partial charge in [0.15, 0.2) is 0 Å². The topological polar surface area (TPSA) is 38.8 Å². The van der Waals surface area contributed by atoms with E-state index in [1.54, 1.807) is 12.0 Å². The molecule has 120 valence electrons. The Kier molecular flexibility index (Phi) is 4.99. The summed E-state index contributed by atoms with van der Waals surface area (Å²) in [6, 6.07) is 10.2. The molecule has 4 nitrogen and oxygen atoms in total. The summed E-state index contributed by atoms with van der Waals surface area (Å²) in [6.07, 6.45) is 3.37. The number of carbonyl (C=O) groups excluding carboxylic acids is 1. The van der Waals surface area contributed by atoms with Crippen LogP contribution >= 0.6 is 0 Å². The first kappa shape index (κ1) is 15.6. The number of allylic oxidation sites excluding steroid dienone is 1. The van der Waals surface area contributed by atoms with Gasteiger partial charge in [0.25, 0.3) is 0 Å². The van der Waals surface area contributed by atoms with E-state index < -0.39 is 6.16 Å². The summed E-state index contributed by atoms with van der Waals surface area (Å²) in [4.78, 5) is 16.9. The van der Waals surface area contributed by atoms with Gasteiger partial charge in [0.2, 0.25) is 0 Å². The van der Waals surface area contributed by atoms with Crippen LogP contribution in [0.3, 0.4) is 0 Å². The Bertz CT molecular complexity index is 654. The third-order valence-corrected chi connectivity index (χ3v) is 4.23. The fraction of sp³-hybridized carbons (Fsp3) is 0.421. The van der Waals surface area contributed by atoms with E-state index in [1.807, 2.05) is 30.3 Å². The minimum absolute atomic E-state index is 0.160. The first-order valence-electron chi connectivity index (χ1n) is 8.18. The monoisotopic (exact) mass is 311 g/mol. The molecule has 0 N–H and O–H groups in total. The Morgan fingerprint density at radius 1 is 1.26 bits per heavy atom. The predicted octanol–water partition coefficient (Wildman–Crippen LogP) is 3.68. The van der Waals surface area contributed by atoms with Crippen LogP contribution in [0.15, 0.2) is 41.5 Å². The number of benzene rings is 1. The van der Waals surface area contributed by atoms with Crippen LogP contribution in [-0.4, -0.2) is 30.4 Å². The first-order valence-corrected chi connectivity index (χ1v) is 8.18. The van der Waals surface area contributed by atoms with Gasteiger partial charge in [-0.05, 0) is 50.3 Å². The highest BCUT2D eigenvalue weighted by molar-refractivity contribution is 5.59. The molecular formula is C19H21NO3. The Hall–Kier alpha value is -2.25. The van der Waals surface area contributed by atoms with Crippen LogP contribution in [0.4, 0.5) is 4.79 Å². The second kappa shape index (κ2) is 7.34. The molecule has 1 heterocycles. The number of rotatable bonds is 2. The summed E-state index contributed by atoms with van der Waals surface area (Å²) in [7, 11) is 0. The van der Waals surface area contributed by atoms with E-state index in [2.05, 4.69) is 11.8 Å². The summed E-state index contributed by atoms with van der Waals surface area (Å²) in [5.41, 5.74) is 3.56. The number of hydroxylamine groups is 2. The molecule has 1 aliphatic carbocycles. The highest BCUT2D eigenvalue weighted by Crippen LogP contribution is 2.36. The van der Waals surface area contributed by atoms with E-state index in [0.29, 0.717) is 6.61 Å². The van der Waals surface area contributed by atoms with Crippen molar-refractivity contribution in [1.82, 2.24) is 5.06 Å². The zero-order valence-corrected chi connectivity index (χ0v) is 13.4. The number of carbonyl (C=O) groups is 1. The van der Waals surface area contributed by atoms with E-state index in [9.17, 15) is 4.79 Å². The molecule has 0 aromatic heterocycles. The molecule has 1 aromatic rings. The van der Waals surface area contributed by atoms with Gasteiger partial charge in [0, 0.05) is 17.7 Å². The standard InChI is InChI=1S/C19H21NO3/c1-2-22-19(21)23-20-14-13-17-16(9-6-10-18(17)20)12-11-15-7-4-3-5-8-15/h3-5,7-8,18H,2,6,9-10,13-14H2,1H3. The lowest BCUT2D eigenvalue weighted by Crippen LogP contribution is -2.34. The molecule has 1 saturated heterocycles. The van der Waals surface area contributed by atoms with Crippen LogP contribution in [0.5, 0.6) is 0 Å². The molecule has 1 atom stereocenters. The molecule has 1 fully saturated rings. The SMILES string of the molecule is CCOC(=O)ON1CCC2=C(C#Cc3ccccc3)CCCC21. The van der Waals surface area contributed by atoms with Crippen molar-refractivity contribution in [3.63, 3.8) is 0 Å². The first-order chi connectivity index (χ1) is 11.3. The zero-order chi connectivity index (χ0) is 16.1. The van der Waals surface area contributed by atoms with Crippen LogP contribution < -0.4 is 0 Å². The fourth-order valence-electron chi connectivity index (χ4n) is 3.19. The molecule has 1 aliphatic heterocycles. The lowest BCUT2D eigenvalue weighted by molar-refractivity contribution is -0.134. The maximum atomic E-state index is 11.5. The van der Waals surface area contributed by atoms with Crippen molar-refractivity contribution >= 4 is 6.16 Å². The summed E-state index contributed by atoms with van der Waals surface area (Å²) in [5.74, 6) is 6.58. The van der Waals surface area contributed by atoms with Crippen LogP contribution in [0.2, 0.25) is 0 Å². The molecule has 2 aliphatic rings. The maximum absolute atomic E-state index is 11.5. The van der Waals surface area contributed by atoms with Crippen LogP contribution in [0.25, 0.3) is 0 Å². The highest BCUT2D eigenvalue weighted by Gasteiger charge is 2.36. The number of ether oxygens (including phenoxy) is 1. The Labute approximate surface area is 137 Å². The summed E-state index contributed by atoms with van der Waals surface area (Å²) < 4.78 is 4.87. The van der Waals surface area contributed by atoms with Gasteiger partial charge in [-0.1, -0.05) is 30.0 Å². The number of hydrogen-bond acceptors (Lipinski definition) is 4. The lowest BCUT2D eigenvalue weighted by Gasteiger charge is -2.26. The fourth-order valence-corrected chi connectivity index (χ4v) is 3.19. The average molecular weight is 311 g/mol. The van der Waals surface area contributed by atoms with Crippen molar-refractivity contribution < 1.29 is 14.4 Å². The molecule has 0 saturated carbocycles. The zero-order valence-electron chi connectivity index (χ0n) is 13.4. The Morgan fingerprint density at radius 3 is 2.87 bits per heavy atom. The second-order valence-corrected chi connectivity index (χ2v) is 5.69. The largest absolute Gasteiger partial charge is 0.527 e. The van der Waals surface area contributed by atoms with Crippen molar-refractivity contribution in [2.24, 2.45) is 0 Å². The number of hydrogen-bond donors (Lipinski definition) is 0. The Morgan fingerprint density at radius 2 is 2.09 bits per heavy atom. The number of fused-ring (bicyclic) bond motifs is 1. The van der Waals surface area contributed by atoms with Crippen LogP contribution in [-0.2, 0) is 9.57 Å². The molecule has 1 unspecified atom stereocenters. The lowest BCUT2D eigenvalue weighted by atomic mass is 9.88. The van der Waals surface area contributed by atoms with Crippen molar-refractivity contribution in [2.75, 3.05) is 13.2 Å². The second-order valence-electron chi connectivity index (χ2n) is 5.69. The molecule has 0 bridgehead atoms. The van der Waals surface area contributed by atoms with E-state index >= 15 is 0 Å². The van der Waals surface area contributed by atoms with Gasteiger partial charge in [0.1, 0.15) is 0 Å². The van der Waals surface area contributed by atoms with Crippen molar-refractivity contribution in [2.45, 2.75) is 38.6 Å². The van der Waals surface area contributed by atoms with Gasteiger partial charge in [-0.25, -0.2) is 4.79 Å². The minimum atomic E-state index is -0.615. The van der Waals surface area contributed by atoms with Crippen LogP contribution in [0, 0.1) is 11.8 Å². The van der Waals surface area contributed by atoms with Gasteiger partial charge in [0.05, 0.1) is 12.6 Å². The molecular weight excluding hydrogens is 290 g/mol. The predicted molar refractivity (Wildman–Crippen MR) is 87.4 cm³/mol. The Balaban J connectivity index is 1.75. The molecule has 3 rings (SSSR count). The van der Waals surface area contributed by atoms with Gasteiger partial charge in [-0.3, -0.25) is 0 Å². The van der Waals surface area contributed by atoms with Gasteiger partial charge >= 0.3 is 6.16 Å². The maximum Gasteiger partial charge on any atom is 0.527 e. The smallest absolute Gasteiger partial charge is 0.433 e. The van der Waals surface area contributed by atoms with Crippen molar-refractivity contribution in [3.8, 4) is 11.8 Å². The molecule has 23 heavy (non-hydrogen) atoms. The van der Waals surface area contributed by atoms with Gasteiger partial charge < -0.3 is 9.57 Å². The van der Waals surface area contributed by atoms with E-state index in [1.165, 1.54) is 11.1 Å². The number of nitrogens with zero attached hydrogens (tertiary/aromatic N) is 1. The summed E-state index contributed by atoms with van der Waals surface area (Å²) >= 11 is 0. The normalized spacial score (nSPS) is 20.5. The third kappa shape index (κ3) is 3.75. The molecule has 0 amide bonds. The van der Waals surface area contributed by atoms with E-state index in [-0.39, 0.29) is 6.04 Å². The highest BCUT2D eigenvalue weighted by atomic mass is 16.8. The summed E-state index contributed by atoms with van der Waals surface area (Å²) in [5, 5.41) is 1.76. The molecule has 0 spiro atoms. The minimum Gasteiger partial charge on any atom is -0.433 e. The average Bonchev–Trinajstić information content (AvgIpc) is 2.98. The van der Waals surface area contributed by atoms with E-state index in [0.717, 1.165) is 37.8 Å². The molecule has 1 aromatic carbocycles. The van der Waals surface area contributed by atoms with Crippen molar-refractivity contribution in [1.29, 1.82) is 0 Å². The van der Waals surface area contributed by atoms with Crippen LogP contribution in [0.1, 0.15) is 38.2 Å². The quantitative estimate of drug-likeness (QED) is 0.617. The third-order valence-electron chi connectivity index (χ3n) is 4.23. The van der Waals surface area contributed by atoms with Gasteiger partial charge in [-0.15, -0.1) is 5.06 Å². The molecule has 4 heteroatoms. The van der Waals surface area contributed by atoms with E-state index in [4.69, 9.17) is 9.57 Å².